The molecule has 3 rings (SSSR count). The van der Waals surface area contributed by atoms with Crippen LogP contribution in [0.3, 0.4) is 0 Å². The van der Waals surface area contributed by atoms with Gasteiger partial charge in [-0.05, 0) is 23.8 Å². The van der Waals surface area contributed by atoms with Crippen LogP contribution in [0, 0.1) is 0 Å². The van der Waals surface area contributed by atoms with Crippen LogP contribution < -0.4 is 10.6 Å². The Hall–Kier alpha value is -2.36. The van der Waals surface area contributed by atoms with Crippen molar-refractivity contribution in [1.82, 2.24) is 4.98 Å². The van der Waals surface area contributed by atoms with Crippen molar-refractivity contribution in [2.45, 2.75) is 12.5 Å². The monoisotopic (exact) mass is 239 g/mol. The van der Waals surface area contributed by atoms with Crippen molar-refractivity contribution >= 4 is 17.4 Å². The average Bonchev–Trinajstić information content (AvgIpc) is 2.84. The van der Waals surface area contributed by atoms with Crippen LogP contribution in [0.1, 0.15) is 5.56 Å². The average molecular weight is 239 g/mol. The zero-order valence-corrected chi connectivity index (χ0v) is 9.76. The van der Waals surface area contributed by atoms with Crippen molar-refractivity contribution in [2.75, 3.05) is 10.6 Å². The lowest BCUT2D eigenvalue weighted by molar-refractivity contribution is -0.116. The van der Waals surface area contributed by atoms with Crippen LogP contribution in [0.4, 0.5) is 11.5 Å². The van der Waals surface area contributed by atoms with E-state index in [2.05, 4.69) is 15.6 Å². The van der Waals surface area contributed by atoms with Crippen LogP contribution in [-0.4, -0.2) is 16.9 Å². The Morgan fingerprint density at radius 1 is 1.22 bits per heavy atom. The largest absolute Gasteiger partial charge is 0.358 e. The number of hydrogen-bond donors (Lipinski definition) is 2. The van der Waals surface area contributed by atoms with E-state index in [1.54, 1.807) is 6.20 Å². The maximum Gasteiger partial charge on any atom is 0.247 e. The fraction of sp³-hybridized carbons (Fsp3) is 0.143. The van der Waals surface area contributed by atoms with Crippen LogP contribution >= 0.6 is 0 Å². The molecule has 0 radical (unpaired) electrons. The minimum Gasteiger partial charge on any atom is -0.358 e. The molecule has 1 aliphatic heterocycles. The lowest BCUT2D eigenvalue weighted by Gasteiger charge is -2.11. The van der Waals surface area contributed by atoms with Gasteiger partial charge in [-0.3, -0.25) is 4.79 Å². The molecule has 1 amide bonds. The summed E-state index contributed by atoms with van der Waals surface area (Å²) >= 11 is 0. The second kappa shape index (κ2) is 4.49. The lowest BCUT2D eigenvalue weighted by Crippen LogP contribution is -2.32. The number of benzene rings is 1. The molecule has 1 unspecified atom stereocenters. The lowest BCUT2D eigenvalue weighted by atomic mass is 10.1. The van der Waals surface area contributed by atoms with Gasteiger partial charge >= 0.3 is 0 Å². The van der Waals surface area contributed by atoms with Gasteiger partial charge in [0.1, 0.15) is 11.9 Å². The summed E-state index contributed by atoms with van der Waals surface area (Å²) in [6, 6.07) is 13.1. The van der Waals surface area contributed by atoms with E-state index >= 15 is 0 Å². The number of aromatic nitrogens is 1. The predicted octanol–water partition coefficient (Wildman–Crippen LogP) is 2.06. The molecule has 1 aliphatic rings. The van der Waals surface area contributed by atoms with Gasteiger partial charge in [0.05, 0.1) is 0 Å². The Balaban J connectivity index is 1.70. The van der Waals surface area contributed by atoms with Gasteiger partial charge in [-0.2, -0.15) is 0 Å². The standard InChI is InChI=1S/C14H13N3O/c18-14(16-11-6-2-1-3-7-11)12-9-10-5-4-8-15-13(10)17-12/h1-8,12H,9H2,(H,15,17)(H,16,18). The van der Waals surface area contributed by atoms with E-state index in [1.165, 1.54) is 0 Å². The number of nitrogens with zero attached hydrogens (tertiary/aromatic N) is 1. The van der Waals surface area contributed by atoms with Gasteiger partial charge in [-0.25, -0.2) is 4.98 Å². The van der Waals surface area contributed by atoms with Gasteiger partial charge < -0.3 is 10.6 Å². The highest BCUT2D eigenvalue weighted by atomic mass is 16.2. The molecule has 1 aromatic carbocycles. The van der Waals surface area contributed by atoms with Gasteiger partial charge in [0, 0.05) is 18.3 Å². The van der Waals surface area contributed by atoms with E-state index < -0.39 is 0 Å². The molecule has 2 heterocycles. The van der Waals surface area contributed by atoms with Crippen molar-refractivity contribution in [3.8, 4) is 0 Å². The van der Waals surface area contributed by atoms with Crippen molar-refractivity contribution in [2.24, 2.45) is 0 Å². The van der Waals surface area contributed by atoms with E-state index in [9.17, 15) is 4.79 Å². The highest BCUT2D eigenvalue weighted by molar-refractivity contribution is 5.97. The van der Waals surface area contributed by atoms with Gasteiger partial charge in [-0.1, -0.05) is 24.3 Å². The molecule has 2 N–H and O–H groups in total. The molecular formula is C14H13N3O. The zero-order valence-electron chi connectivity index (χ0n) is 9.76. The molecular weight excluding hydrogens is 226 g/mol. The van der Waals surface area contributed by atoms with E-state index in [4.69, 9.17) is 0 Å². The van der Waals surface area contributed by atoms with Crippen LogP contribution in [-0.2, 0) is 11.2 Å². The van der Waals surface area contributed by atoms with E-state index in [-0.39, 0.29) is 11.9 Å². The number of carbonyl (C=O) groups is 1. The first-order valence-electron chi connectivity index (χ1n) is 5.89. The molecule has 0 fully saturated rings. The van der Waals surface area contributed by atoms with Crippen LogP contribution in [0.15, 0.2) is 48.7 Å². The van der Waals surface area contributed by atoms with Gasteiger partial charge in [0.25, 0.3) is 0 Å². The Bertz CT molecular complexity index is 543. The Kier molecular flexibility index (Phi) is 2.68. The molecule has 4 heteroatoms. The summed E-state index contributed by atoms with van der Waals surface area (Å²) in [7, 11) is 0. The fourth-order valence-corrected chi connectivity index (χ4v) is 2.08. The smallest absolute Gasteiger partial charge is 0.247 e. The van der Waals surface area contributed by atoms with Gasteiger partial charge in [-0.15, -0.1) is 0 Å². The normalized spacial score (nSPS) is 16.8. The van der Waals surface area contributed by atoms with Crippen molar-refractivity contribution < 1.29 is 4.79 Å². The Morgan fingerprint density at radius 3 is 2.83 bits per heavy atom. The summed E-state index contributed by atoms with van der Waals surface area (Å²) in [5.41, 5.74) is 1.90. The first-order valence-corrected chi connectivity index (χ1v) is 5.89. The molecule has 90 valence electrons. The highest BCUT2D eigenvalue weighted by Crippen LogP contribution is 2.23. The SMILES string of the molecule is O=C(Nc1ccccc1)C1Cc2cccnc2N1. The number of nitrogens with one attached hydrogen (secondary N) is 2. The predicted molar refractivity (Wildman–Crippen MR) is 70.4 cm³/mol. The van der Waals surface area contributed by atoms with Crippen molar-refractivity contribution in [3.63, 3.8) is 0 Å². The number of pyridine rings is 1. The second-order valence-corrected chi connectivity index (χ2v) is 4.27. The van der Waals surface area contributed by atoms with Crippen LogP contribution in [0.25, 0.3) is 0 Å². The molecule has 18 heavy (non-hydrogen) atoms. The summed E-state index contributed by atoms with van der Waals surface area (Å²) in [5.74, 6) is 0.782. The van der Waals surface area contributed by atoms with Gasteiger partial charge in [0.2, 0.25) is 5.91 Å². The van der Waals surface area contributed by atoms with E-state index in [1.807, 2.05) is 42.5 Å². The minimum absolute atomic E-state index is 0.0285. The molecule has 0 bridgehead atoms. The molecule has 1 aromatic heterocycles. The number of fused-ring (bicyclic) bond motifs is 1. The Morgan fingerprint density at radius 2 is 2.06 bits per heavy atom. The molecule has 4 nitrogen and oxygen atoms in total. The second-order valence-electron chi connectivity index (χ2n) is 4.27. The fourth-order valence-electron chi connectivity index (χ4n) is 2.08. The summed E-state index contributed by atoms with van der Waals surface area (Å²) in [4.78, 5) is 16.3. The number of rotatable bonds is 2. The third-order valence-corrected chi connectivity index (χ3v) is 2.98. The Labute approximate surface area is 105 Å². The number of anilines is 2. The quantitative estimate of drug-likeness (QED) is 0.843. The van der Waals surface area contributed by atoms with E-state index in [0.717, 1.165) is 17.1 Å². The minimum atomic E-state index is -0.241. The highest BCUT2D eigenvalue weighted by Gasteiger charge is 2.27. The third-order valence-electron chi connectivity index (χ3n) is 2.98. The molecule has 2 aromatic rings. The van der Waals surface area contributed by atoms with Crippen molar-refractivity contribution in [1.29, 1.82) is 0 Å². The van der Waals surface area contributed by atoms with Crippen LogP contribution in [0.2, 0.25) is 0 Å². The molecule has 0 saturated heterocycles. The maximum atomic E-state index is 12.1. The zero-order chi connectivity index (χ0) is 12.4. The summed E-state index contributed by atoms with van der Waals surface area (Å²) in [6.45, 7) is 0. The first kappa shape index (κ1) is 10.8. The maximum absolute atomic E-state index is 12.1. The number of para-hydroxylation sites is 1. The van der Waals surface area contributed by atoms with E-state index in [0.29, 0.717) is 6.42 Å². The summed E-state index contributed by atoms with van der Waals surface area (Å²) < 4.78 is 0. The summed E-state index contributed by atoms with van der Waals surface area (Å²) in [6.07, 6.45) is 2.41. The van der Waals surface area contributed by atoms with Crippen molar-refractivity contribution in [3.05, 3.63) is 54.2 Å². The van der Waals surface area contributed by atoms with Crippen LogP contribution in [0.5, 0.6) is 0 Å². The molecule has 1 atom stereocenters. The molecule has 0 saturated carbocycles. The third kappa shape index (κ3) is 2.05. The topological polar surface area (TPSA) is 54.0 Å². The number of hydrogen-bond acceptors (Lipinski definition) is 3. The number of carbonyl (C=O) groups excluding carboxylic acids is 1. The molecule has 0 spiro atoms. The number of amides is 1. The molecule has 0 aliphatic carbocycles. The summed E-state index contributed by atoms with van der Waals surface area (Å²) in [5, 5.41) is 6.02. The van der Waals surface area contributed by atoms with Gasteiger partial charge in [0.15, 0.2) is 0 Å². The first-order chi connectivity index (χ1) is 8.83.